The summed E-state index contributed by atoms with van der Waals surface area (Å²) < 4.78 is 0. The molecule has 2 atom stereocenters. The number of carbonyl (C=O) groups is 1. The van der Waals surface area contributed by atoms with Crippen molar-refractivity contribution in [2.45, 2.75) is 39.0 Å². The van der Waals surface area contributed by atoms with Crippen LogP contribution in [0.15, 0.2) is 30.3 Å². The summed E-state index contributed by atoms with van der Waals surface area (Å²) in [6.45, 7) is 4.94. The Labute approximate surface area is 125 Å². The third-order valence-corrected chi connectivity index (χ3v) is 3.93. The van der Waals surface area contributed by atoms with E-state index < -0.39 is 0 Å². The molecule has 2 unspecified atom stereocenters. The second-order valence-electron chi connectivity index (χ2n) is 5.01. The molecule has 0 radical (unpaired) electrons. The summed E-state index contributed by atoms with van der Waals surface area (Å²) in [5, 5.41) is 4.09. The molecule has 1 N–H and O–H groups in total. The number of benzene rings is 1. The number of hydrogen-bond acceptors (Lipinski definition) is 1. The molecule has 0 saturated carbocycles. The van der Waals surface area contributed by atoms with Gasteiger partial charge < -0.3 is 5.32 Å². The largest absolute Gasteiger partial charge is 0.355 e. The predicted octanol–water partition coefficient (Wildman–Crippen LogP) is 4.11. The Morgan fingerprint density at radius 1 is 1.26 bits per heavy atom. The van der Waals surface area contributed by atoms with Crippen molar-refractivity contribution in [3.05, 3.63) is 35.9 Å². The minimum Gasteiger partial charge on any atom is -0.355 e. The fourth-order valence-corrected chi connectivity index (χ4v) is 2.85. The second kappa shape index (κ2) is 9.13. The quantitative estimate of drug-likeness (QED) is 0.716. The molecule has 0 heterocycles. The number of amides is 1. The topological polar surface area (TPSA) is 29.1 Å². The highest BCUT2D eigenvalue weighted by atomic mass is 79.9. The number of halogens is 1. The van der Waals surface area contributed by atoms with Gasteiger partial charge in [-0.15, -0.1) is 0 Å². The van der Waals surface area contributed by atoms with Gasteiger partial charge in [0.15, 0.2) is 0 Å². The van der Waals surface area contributed by atoms with Gasteiger partial charge in [-0.05, 0) is 31.2 Å². The van der Waals surface area contributed by atoms with Gasteiger partial charge in [0.25, 0.3) is 0 Å². The van der Waals surface area contributed by atoms with E-state index in [1.54, 1.807) is 0 Å². The van der Waals surface area contributed by atoms with Crippen LogP contribution in [-0.4, -0.2) is 17.8 Å². The summed E-state index contributed by atoms with van der Waals surface area (Å²) in [4.78, 5) is 12.1. The van der Waals surface area contributed by atoms with E-state index in [-0.39, 0.29) is 11.8 Å². The van der Waals surface area contributed by atoms with Gasteiger partial charge in [-0.3, -0.25) is 4.79 Å². The molecule has 0 aliphatic rings. The van der Waals surface area contributed by atoms with E-state index in [1.165, 1.54) is 12.8 Å². The van der Waals surface area contributed by atoms with E-state index in [0.717, 1.165) is 23.9 Å². The van der Waals surface area contributed by atoms with E-state index >= 15 is 0 Å². The molecule has 2 nitrogen and oxygen atoms in total. The van der Waals surface area contributed by atoms with Gasteiger partial charge in [-0.25, -0.2) is 0 Å². The lowest BCUT2D eigenvalue weighted by Crippen LogP contribution is -2.32. The van der Waals surface area contributed by atoms with Crippen molar-refractivity contribution in [3.8, 4) is 0 Å². The van der Waals surface area contributed by atoms with Crippen molar-refractivity contribution >= 4 is 21.8 Å². The summed E-state index contributed by atoms with van der Waals surface area (Å²) >= 11 is 3.48. The smallest absolute Gasteiger partial charge is 0.227 e. The van der Waals surface area contributed by atoms with Crippen molar-refractivity contribution in [2.24, 2.45) is 5.92 Å². The standard InChI is InChI=1S/C16H24BrNO/c1-3-7-14(10-11-17)12-18-16(19)13(2)15-8-5-4-6-9-15/h4-6,8-9,13-14H,3,7,10-12H2,1-2H3,(H,18,19). The fourth-order valence-electron chi connectivity index (χ4n) is 2.20. The molecular formula is C16H24BrNO. The lowest BCUT2D eigenvalue weighted by Gasteiger charge is -2.18. The first-order valence-corrected chi connectivity index (χ1v) is 8.19. The highest BCUT2D eigenvalue weighted by Crippen LogP contribution is 2.16. The maximum Gasteiger partial charge on any atom is 0.227 e. The minimum atomic E-state index is -0.0764. The van der Waals surface area contributed by atoms with Crippen LogP contribution < -0.4 is 5.32 Å². The second-order valence-corrected chi connectivity index (χ2v) is 5.80. The molecule has 0 aromatic heterocycles. The zero-order chi connectivity index (χ0) is 14.1. The monoisotopic (exact) mass is 325 g/mol. The normalized spacial score (nSPS) is 13.8. The molecule has 1 aromatic rings. The maximum absolute atomic E-state index is 12.1. The summed E-state index contributed by atoms with van der Waals surface area (Å²) in [5.74, 6) is 0.630. The molecule has 19 heavy (non-hydrogen) atoms. The molecule has 0 spiro atoms. The average Bonchev–Trinajstić information content (AvgIpc) is 2.45. The van der Waals surface area contributed by atoms with Crippen molar-refractivity contribution in [3.63, 3.8) is 0 Å². The lowest BCUT2D eigenvalue weighted by atomic mass is 9.98. The van der Waals surface area contributed by atoms with Gasteiger partial charge in [0.1, 0.15) is 0 Å². The lowest BCUT2D eigenvalue weighted by molar-refractivity contribution is -0.122. The van der Waals surface area contributed by atoms with Gasteiger partial charge in [-0.2, -0.15) is 0 Å². The number of hydrogen-bond donors (Lipinski definition) is 1. The van der Waals surface area contributed by atoms with Crippen LogP contribution in [-0.2, 0) is 4.79 Å². The molecule has 0 fully saturated rings. The summed E-state index contributed by atoms with van der Waals surface area (Å²) in [7, 11) is 0. The molecular weight excluding hydrogens is 302 g/mol. The highest BCUT2D eigenvalue weighted by Gasteiger charge is 2.16. The fraction of sp³-hybridized carbons (Fsp3) is 0.562. The Morgan fingerprint density at radius 2 is 1.95 bits per heavy atom. The Morgan fingerprint density at radius 3 is 2.53 bits per heavy atom. The highest BCUT2D eigenvalue weighted by molar-refractivity contribution is 9.09. The predicted molar refractivity (Wildman–Crippen MR) is 84.7 cm³/mol. The third-order valence-electron chi connectivity index (χ3n) is 3.47. The van der Waals surface area contributed by atoms with Crippen molar-refractivity contribution < 1.29 is 4.79 Å². The molecule has 106 valence electrons. The number of alkyl halides is 1. The number of carbonyl (C=O) groups excluding carboxylic acids is 1. The number of nitrogens with one attached hydrogen (secondary N) is 1. The first-order valence-electron chi connectivity index (χ1n) is 7.07. The van der Waals surface area contributed by atoms with Gasteiger partial charge in [-0.1, -0.05) is 59.6 Å². The van der Waals surface area contributed by atoms with Crippen molar-refractivity contribution in [2.75, 3.05) is 11.9 Å². The van der Waals surface area contributed by atoms with Crippen LogP contribution >= 0.6 is 15.9 Å². The van der Waals surface area contributed by atoms with Crippen LogP contribution in [0, 0.1) is 5.92 Å². The van der Waals surface area contributed by atoms with Crippen LogP contribution in [0.25, 0.3) is 0 Å². The zero-order valence-electron chi connectivity index (χ0n) is 11.9. The molecule has 0 aliphatic carbocycles. The molecule has 0 saturated heterocycles. The molecule has 1 aromatic carbocycles. The van der Waals surface area contributed by atoms with Crippen molar-refractivity contribution in [1.82, 2.24) is 5.32 Å². The van der Waals surface area contributed by atoms with Crippen LogP contribution in [0.5, 0.6) is 0 Å². The van der Waals surface area contributed by atoms with Crippen LogP contribution in [0.2, 0.25) is 0 Å². The van der Waals surface area contributed by atoms with Crippen LogP contribution in [0.1, 0.15) is 44.6 Å². The van der Waals surface area contributed by atoms with Gasteiger partial charge in [0.05, 0.1) is 5.92 Å². The van der Waals surface area contributed by atoms with Crippen molar-refractivity contribution in [1.29, 1.82) is 0 Å². The first-order chi connectivity index (χ1) is 9.19. The Hall–Kier alpha value is -0.830. The molecule has 0 bridgehead atoms. The maximum atomic E-state index is 12.1. The van der Waals surface area contributed by atoms with Crippen LogP contribution in [0.3, 0.4) is 0 Å². The summed E-state index contributed by atoms with van der Waals surface area (Å²) in [6, 6.07) is 9.94. The molecule has 0 aliphatic heterocycles. The van der Waals surface area contributed by atoms with E-state index in [1.807, 2.05) is 37.3 Å². The summed E-state index contributed by atoms with van der Waals surface area (Å²) in [6.07, 6.45) is 3.46. The average molecular weight is 326 g/mol. The molecule has 1 amide bonds. The molecule has 1 rings (SSSR count). The summed E-state index contributed by atoms with van der Waals surface area (Å²) in [5.41, 5.74) is 1.08. The van der Waals surface area contributed by atoms with Gasteiger partial charge >= 0.3 is 0 Å². The van der Waals surface area contributed by atoms with Gasteiger partial charge in [0, 0.05) is 11.9 Å². The minimum absolute atomic E-state index is 0.0764. The Kier molecular flexibility index (Phi) is 7.80. The third kappa shape index (κ3) is 5.77. The van der Waals surface area contributed by atoms with Gasteiger partial charge in [0.2, 0.25) is 5.91 Å². The van der Waals surface area contributed by atoms with Crippen LogP contribution in [0.4, 0.5) is 0 Å². The Balaban J connectivity index is 2.45. The van der Waals surface area contributed by atoms with E-state index in [9.17, 15) is 4.79 Å². The Bertz CT molecular complexity index is 360. The zero-order valence-corrected chi connectivity index (χ0v) is 13.4. The van der Waals surface area contributed by atoms with E-state index in [2.05, 4.69) is 28.2 Å². The SMILES string of the molecule is CCCC(CCBr)CNC(=O)C(C)c1ccccc1. The van der Waals surface area contributed by atoms with E-state index in [0.29, 0.717) is 5.92 Å². The van der Waals surface area contributed by atoms with E-state index in [4.69, 9.17) is 0 Å². The number of rotatable bonds is 8. The molecule has 3 heteroatoms. The first kappa shape index (κ1) is 16.2.